The number of aliphatic hydroxyl groups is 1. The van der Waals surface area contributed by atoms with Crippen LogP contribution in [-0.2, 0) is 0 Å². The zero-order valence-electron chi connectivity index (χ0n) is 12.2. The van der Waals surface area contributed by atoms with Crippen LogP contribution in [0, 0.1) is 18.3 Å². The molecule has 1 amide bonds. The summed E-state index contributed by atoms with van der Waals surface area (Å²) in [6.07, 6.45) is -0.824. The number of aromatic amines is 1. The zero-order chi connectivity index (χ0) is 15.9. The Bertz CT molecular complexity index is 688. The molecule has 0 aliphatic heterocycles. The Balaban J connectivity index is 1.76. The minimum atomic E-state index is -0.824. The molecule has 1 unspecified atom stereocenters. The molecule has 6 nitrogen and oxygen atoms in total. The number of nitriles is 1. The van der Waals surface area contributed by atoms with Crippen molar-refractivity contribution in [2.75, 3.05) is 13.2 Å². The van der Waals surface area contributed by atoms with Crippen molar-refractivity contribution in [3.8, 4) is 11.8 Å². The molecule has 1 aromatic heterocycles. The highest BCUT2D eigenvalue weighted by atomic mass is 16.5. The predicted octanol–water partition coefficient (Wildman–Crippen LogP) is 1.36. The number of aryl methyl sites for hydroxylation is 1. The van der Waals surface area contributed by atoms with E-state index in [2.05, 4.69) is 10.3 Å². The summed E-state index contributed by atoms with van der Waals surface area (Å²) in [6, 6.07) is 12.4. The number of H-pyrrole nitrogens is 1. The average molecular weight is 299 g/mol. The van der Waals surface area contributed by atoms with Gasteiger partial charge in [-0.3, -0.25) is 4.79 Å². The van der Waals surface area contributed by atoms with E-state index >= 15 is 0 Å². The summed E-state index contributed by atoms with van der Waals surface area (Å²) in [4.78, 5) is 14.5. The van der Waals surface area contributed by atoms with E-state index in [0.29, 0.717) is 11.4 Å². The number of hydrogen-bond acceptors (Lipinski definition) is 4. The highest BCUT2D eigenvalue weighted by Gasteiger charge is 2.11. The summed E-state index contributed by atoms with van der Waals surface area (Å²) in [7, 11) is 0. The molecular formula is C16H17N3O3. The number of amides is 1. The number of carbonyl (C=O) groups is 1. The maximum atomic E-state index is 11.8. The molecule has 1 aromatic carbocycles. The smallest absolute Gasteiger partial charge is 0.267 e. The minimum Gasteiger partial charge on any atom is -0.491 e. The lowest BCUT2D eigenvalue weighted by atomic mass is 10.2. The van der Waals surface area contributed by atoms with Gasteiger partial charge in [0.2, 0.25) is 0 Å². The fraction of sp³-hybridized carbons (Fsp3) is 0.250. The van der Waals surface area contributed by atoms with Crippen LogP contribution in [0.4, 0.5) is 0 Å². The molecule has 6 heteroatoms. The van der Waals surface area contributed by atoms with Crippen molar-refractivity contribution in [3.05, 3.63) is 53.3 Å². The maximum absolute atomic E-state index is 11.8. The van der Waals surface area contributed by atoms with E-state index < -0.39 is 6.10 Å². The van der Waals surface area contributed by atoms with Crippen molar-refractivity contribution in [2.24, 2.45) is 0 Å². The second kappa shape index (κ2) is 7.29. The summed E-state index contributed by atoms with van der Waals surface area (Å²) in [5.74, 6) is 0.296. The van der Waals surface area contributed by atoms with Crippen LogP contribution in [0.5, 0.6) is 5.75 Å². The third kappa shape index (κ3) is 4.36. The Morgan fingerprint density at radius 2 is 2.27 bits per heavy atom. The fourth-order valence-corrected chi connectivity index (χ4v) is 1.85. The quantitative estimate of drug-likeness (QED) is 0.750. The van der Waals surface area contributed by atoms with E-state index in [4.69, 9.17) is 10.00 Å². The molecule has 2 aromatic rings. The number of hydrogen-bond donors (Lipinski definition) is 3. The number of nitrogens with zero attached hydrogens (tertiary/aromatic N) is 1. The molecule has 0 aliphatic rings. The van der Waals surface area contributed by atoms with E-state index in [9.17, 15) is 9.90 Å². The first-order chi connectivity index (χ1) is 10.6. The SMILES string of the molecule is Cc1cccc(OCC(O)CNC(=O)c2ccc(C#N)[nH]2)c1. The largest absolute Gasteiger partial charge is 0.491 e. The summed E-state index contributed by atoms with van der Waals surface area (Å²) < 4.78 is 5.46. The van der Waals surface area contributed by atoms with Crippen molar-refractivity contribution < 1.29 is 14.6 Å². The van der Waals surface area contributed by atoms with Gasteiger partial charge in [-0.15, -0.1) is 0 Å². The predicted molar refractivity (Wildman–Crippen MR) is 80.5 cm³/mol. The molecule has 3 N–H and O–H groups in total. The Morgan fingerprint density at radius 3 is 2.95 bits per heavy atom. The third-order valence-electron chi connectivity index (χ3n) is 2.98. The van der Waals surface area contributed by atoms with E-state index in [-0.39, 0.29) is 24.8 Å². The van der Waals surface area contributed by atoms with Crippen molar-refractivity contribution in [3.63, 3.8) is 0 Å². The lowest BCUT2D eigenvalue weighted by molar-refractivity contribution is 0.0840. The molecule has 0 bridgehead atoms. The lowest BCUT2D eigenvalue weighted by Crippen LogP contribution is -2.35. The zero-order valence-corrected chi connectivity index (χ0v) is 12.2. The van der Waals surface area contributed by atoms with Gasteiger partial charge in [0.1, 0.15) is 35.9 Å². The highest BCUT2D eigenvalue weighted by molar-refractivity contribution is 5.92. The van der Waals surface area contributed by atoms with Crippen LogP contribution in [0.2, 0.25) is 0 Å². The van der Waals surface area contributed by atoms with Crippen LogP contribution in [0.3, 0.4) is 0 Å². The first-order valence-corrected chi connectivity index (χ1v) is 6.83. The molecule has 114 valence electrons. The van der Waals surface area contributed by atoms with E-state index in [0.717, 1.165) is 5.56 Å². The topological polar surface area (TPSA) is 98.1 Å². The van der Waals surface area contributed by atoms with Crippen LogP contribution in [0.1, 0.15) is 21.7 Å². The molecule has 0 saturated heterocycles. The normalized spacial score (nSPS) is 11.5. The van der Waals surface area contributed by atoms with Crippen LogP contribution in [-0.4, -0.2) is 35.3 Å². The van der Waals surface area contributed by atoms with Crippen molar-refractivity contribution in [1.29, 1.82) is 5.26 Å². The summed E-state index contributed by atoms with van der Waals surface area (Å²) in [5.41, 5.74) is 1.66. The maximum Gasteiger partial charge on any atom is 0.267 e. The number of nitrogens with one attached hydrogen (secondary N) is 2. The third-order valence-corrected chi connectivity index (χ3v) is 2.98. The molecule has 0 radical (unpaired) electrons. The van der Waals surface area contributed by atoms with Gasteiger partial charge in [-0.2, -0.15) is 5.26 Å². The van der Waals surface area contributed by atoms with Gasteiger partial charge in [0.25, 0.3) is 5.91 Å². The number of rotatable bonds is 6. The average Bonchev–Trinajstić information content (AvgIpc) is 3.00. The second-order valence-electron chi connectivity index (χ2n) is 4.89. The number of ether oxygens (including phenoxy) is 1. The molecule has 1 atom stereocenters. The van der Waals surface area contributed by atoms with Gasteiger partial charge in [-0.05, 0) is 36.8 Å². The monoisotopic (exact) mass is 299 g/mol. The van der Waals surface area contributed by atoms with E-state index in [1.807, 2.05) is 31.2 Å². The van der Waals surface area contributed by atoms with Gasteiger partial charge in [-0.1, -0.05) is 12.1 Å². The lowest BCUT2D eigenvalue weighted by Gasteiger charge is -2.13. The highest BCUT2D eigenvalue weighted by Crippen LogP contribution is 2.12. The van der Waals surface area contributed by atoms with Crippen molar-refractivity contribution >= 4 is 5.91 Å². The summed E-state index contributed by atoms with van der Waals surface area (Å²) >= 11 is 0. The van der Waals surface area contributed by atoms with Gasteiger partial charge in [0.15, 0.2) is 0 Å². The molecule has 0 aliphatic carbocycles. The van der Waals surface area contributed by atoms with E-state index in [1.54, 1.807) is 6.07 Å². The Hall–Kier alpha value is -2.78. The minimum absolute atomic E-state index is 0.0611. The molecule has 2 rings (SSSR count). The van der Waals surface area contributed by atoms with Gasteiger partial charge >= 0.3 is 0 Å². The molecule has 0 saturated carbocycles. The number of benzene rings is 1. The summed E-state index contributed by atoms with van der Waals surface area (Å²) in [6.45, 7) is 2.10. The van der Waals surface area contributed by atoms with Gasteiger partial charge < -0.3 is 20.1 Å². The van der Waals surface area contributed by atoms with Crippen LogP contribution in [0.25, 0.3) is 0 Å². The molecule has 0 fully saturated rings. The number of aliphatic hydroxyl groups excluding tert-OH is 1. The molecule has 1 heterocycles. The van der Waals surface area contributed by atoms with Crippen LogP contribution >= 0.6 is 0 Å². The van der Waals surface area contributed by atoms with Crippen molar-refractivity contribution in [1.82, 2.24) is 10.3 Å². The van der Waals surface area contributed by atoms with Gasteiger partial charge in [-0.25, -0.2) is 0 Å². The van der Waals surface area contributed by atoms with Crippen LogP contribution < -0.4 is 10.1 Å². The Morgan fingerprint density at radius 1 is 1.45 bits per heavy atom. The number of carbonyl (C=O) groups excluding carboxylic acids is 1. The Kier molecular flexibility index (Phi) is 5.17. The van der Waals surface area contributed by atoms with E-state index in [1.165, 1.54) is 12.1 Å². The molecule has 22 heavy (non-hydrogen) atoms. The van der Waals surface area contributed by atoms with Gasteiger partial charge in [0.05, 0.1) is 0 Å². The van der Waals surface area contributed by atoms with Crippen molar-refractivity contribution in [2.45, 2.75) is 13.0 Å². The standard InChI is InChI=1S/C16H17N3O3/c1-11-3-2-4-14(7-11)22-10-13(20)9-18-16(21)15-6-5-12(8-17)19-15/h2-7,13,19-20H,9-10H2,1H3,(H,18,21). The first-order valence-electron chi connectivity index (χ1n) is 6.83. The van der Waals surface area contributed by atoms with Gasteiger partial charge in [0, 0.05) is 6.54 Å². The summed E-state index contributed by atoms with van der Waals surface area (Å²) in [5, 5.41) is 21.1. The molecule has 0 spiro atoms. The molecular weight excluding hydrogens is 282 g/mol. The second-order valence-corrected chi connectivity index (χ2v) is 4.89. The fourth-order valence-electron chi connectivity index (χ4n) is 1.85. The Labute approximate surface area is 128 Å². The first kappa shape index (κ1) is 15.6. The van der Waals surface area contributed by atoms with Crippen LogP contribution in [0.15, 0.2) is 36.4 Å². The number of aromatic nitrogens is 1.